The maximum atomic E-state index is 13.7. The van der Waals surface area contributed by atoms with Crippen LogP contribution in [-0.2, 0) is 6.18 Å². The van der Waals surface area contributed by atoms with Gasteiger partial charge in [0.25, 0.3) is 0 Å². The lowest BCUT2D eigenvalue weighted by Gasteiger charge is -2.10. The normalized spacial score (nSPS) is 11.5. The first-order chi connectivity index (χ1) is 9.31. The van der Waals surface area contributed by atoms with Crippen molar-refractivity contribution in [2.24, 2.45) is 0 Å². The molecule has 1 N–H and O–H groups in total. The van der Waals surface area contributed by atoms with Crippen LogP contribution in [0.25, 0.3) is 11.3 Å². The summed E-state index contributed by atoms with van der Waals surface area (Å²) in [6.45, 7) is 0. The van der Waals surface area contributed by atoms with Crippen molar-refractivity contribution in [3.05, 3.63) is 40.4 Å². The van der Waals surface area contributed by atoms with Gasteiger partial charge in [0.05, 0.1) is 5.69 Å². The number of alkyl halides is 3. The second-order valence-corrected chi connectivity index (χ2v) is 4.75. The van der Waals surface area contributed by atoms with Gasteiger partial charge in [-0.25, -0.2) is 14.4 Å². The number of anilines is 1. The Kier molecular flexibility index (Phi) is 3.94. The van der Waals surface area contributed by atoms with Gasteiger partial charge in [0.2, 0.25) is 5.82 Å². The van der Waals surface area contributed by atoms with E-state index in [0.29, 0.717) is 4.47 Å². The van der Waals surface area contributed by atoms with Crippen molar-refractivity contribution in [1.29, 1.82) is 0 Å². The summed E-state index contributed by atoms with van der Waals surface area (Å²) < 4.78 is 52.4. The second-order valence-electron chi connectivity index (χ2n) is 3.83. The predicted molar refractivity (Wildman–Crippen MR) is 69.7 cm³/mol. The van der Waals surface area contributed by atoms with Crippen LogP contribution in [0.5, 0.6) is 0 Å². The van der Waals surface area contributed by atoms with Crippen LogP contribution in [0.3, 0.4) is 0 Å². The molecule has 20 heavy (non-hydrogen) atoms. The zero-order valence-electron chi connectivity index (χ0n) is 10.1. The van der Waals surface area contributed by atoms with Crippen LogP contribution in [0.2, 0.25) is 0 Å². The number of nitrogens with one attached hydrogen (secondary N) is 1. The van der Waals surface area contributed by atoms with Gasteiger partial charge in [0.1, 0.15) is 11.6 Å². The van der Waals surface area contributed by atoms with E-state index in [1.807, 2.05) is 0 Å². The van der Waals surface area contributed by atoms with E-state index in [4.69, 9.17) is 0 Å². The molecule has 0 fully saturated rings. The molecule has 0 aliphatic carbocycles. The monoisotopic (exact) mass is 349 g/mol. The van der Waals surface area contributed by atoms with Crippen molar-refractivity contribution < 1.29 is 17.6 Å². The summed E-state index contributed by atoms with van der Waals surface area (Å²) in [5, 5.41) is 2.50. The van der Waals surface area contributed by atoms with E-state index in [9.17, 15) is 17.6 Å². The Labute approximate surface area is 120 Å². The summed E-state index contributed by atoms with van der Waals surface area (Å²) in [6.07, 6.45) is -4.70. The molecule has 0 saturated carbocycles. The Morgan fingerprint density at radius 1 is 1.15 bits per heavy atom. The van der Waals surface area contributed by atoms with Gasteiger partial charge in [0, 0.05) is 23.2 Å². The Balaban J connectivity index is 2.64. The molecule has 8 heteroatoms. The molecule has 3 nitrogen and oxygen atoms in total. The maximum absolute atomic E-state index is 13.7. The number of halogens is 5. The van der Waals surface area contributed by atoms with E-state index in [1.165, 1.54) is 25.2 Å². The van der Waals surface area contributed by atoms with E-state index < -0.39 is 17.8 Å². The van der Waals surface area contributed by atoms with Gasteiger partial charge in [-0.3, -0.25) is 0 Å². The number of rotatable bonds is 2. The number of hydrogen-bond donors (Lipinski definition) is 1. The summed E-state index contributed by atoms with van der Waals surface area (Å²) in [7, 11) is 1.42. The van der Waals surface area contributed by atoms with Gasteiger partial charge >= 0.3 is 6.18 Å². The highest BCUT2D eigenvalue weighted by molar-refractivity contribution is 9.10. The first kappa shape index (κ1) is 14.7. The highest BCUT2D eigenvalue weighted by Gasteiger charge is 2.35. The molecule has 0 bridgehead atoms. The summed E-state index contributed by atoms with van der Waals surface area (Å²) >= 11 is 3.14. The van der Waals surface area contributed by atoms with E-state index in [2.05, 4.69) is 31.2 Å². The van der Waals surface area contributed by atoms with Crippen molar-refractivity contribution in [1.82, 2.24) is 9.97 Å². The van der Waals surface area contributed by atoms with E-state index in [-0.39, 0.29) is 17.1 Å². The van der Waals surface area contributed by atoms with Crippen molar-refractivity contribution in [3.8, 4) is 11.3 Å². The molecule has 0 amide bonds. The summed E-state index contributed by atoms with van der Waals surface area (Å²) in [4.78, 5) is 6.71. The fraction of sp³-hybridized carbons (Fsp3) is 0.167. The molecule has 2 aromatic rings. The molecule has 0 saturated heterocycles. The van der Waals surface area contributed by atoms with Crippen LogP contribution in [0.15, 0.2) is 28.7 Å². The smallest absolute Gasteiger partial charge is 0.373 e. The molecule has 106 valence electrons. The van der Waals surface area contributed by atoms with Gasteiger partial charge in [-0.2, -0.15) is 13.2 Å². The molecule has 0 aliphatic heterocycles. The minimum absolute atomic E-state index is 0.0382. The topological polar surface area (TPSA) is 37.8 Å². The average Bonchev–Trinajstić information content (AvgIpc) is 2.40. The Morgan fingerprint density at radius 3 is 2.45 bits per heavy atom. The van der Waals surface area contributed by atoms with E-state index in [0.717, 1.165) is 6.07 Å². The lowest BCUT2D eigenvalue weighted by Crippen LogP contribution is -2.13. The van der Waals surface area contributed by atoms with Crippen LogP contribution in [0.4, 0.5) is 23.4 Å². The molecule has 1 heterocycles. The largest absolute Gasteiger partial charge is 0.451 e. The van der Waals surface area contributed by atoms with E-state index >= 15 is 0 Å². The molecular formula is C12H8BrF4N3. The third-order valence-electron chi connectivity index (χ3n) is 2.44. The number of benzene rings is 1. The zero-order valence-corrected chi connectivity index (χ0v) is 11.7. The molecule has 1 aromatic carbocycles. The summed E-state index contributed by atoms with van der Waals surface area (Å²) in [6, 6.07) is 5.20. The van der Waals surface area contributed by atoms with Gasteiger partial charge in [0.15, 0.2) is 0 Å². The maximum Gasteiger partial charge on any atom is 0.451 e. The third kappa shape index (κ3) is 3.06. The van der Waals surface area contributed by atoms with Crippen molar-refractivity contribution in [2.45, 2.75) is 6.18 Å². The second kappa shape index (κ2) is 5.35. The summed E-state index contributed by atoms with van der Waals surface area (Å²) in [5.41, 5.74) is -0.181. The van der Waals surface area contributed by atoms with Gasteiger partial charge in [-0.1, -0.05) is 15.9 Å². The van der Waals surface area contributed by atoms with Crippen molar-refractivity contribution in [2.75, 3.05) is 12.4 Å². The SMILES string of the molecule is CNc1cc(-c2cc(Br)ccc2F)nc(C(F)(F)F)n1. The molecule has 0 radical (unpaired) electrons. The lowest BCUT2D eigenvalue weighted by molar-refractivity contribution is -0.144. The lowest BCUT2D eigenvalue weighted by atomic mass is 10.1. The average molecular weight is 350 g/mol. The molecule has 2 rings (SSSR count). The fourth-order valence-corrected chi connectivity index (χ4v) is 1.89. The van der Waals surface area contributed by atoms with E-state index in [1.54, 1.807) is 0 Å². The molecule has 0 unspecified atom stereocenters. The van der Waals surface area contributed by atoms with Gasteiger partial charge < -0.3 is 5.32 Å². The van der Waals surface area contributed by atoms with Crippen LogP contribution >= 0.6 is 15.9 Å². The molecule has 0 atom stereocenters. The van der Waals surface area contributed by atoms with Gasteiger partial charge in [-0.15, -0.1) is 0 Å². The fourth-order valence-electron chi connectivity index (χ4n) is 1.53. The molecule has 1 aromatic heterocycles. The number of aromatic nitrogens is 2. The first-order valence-electron chi connectivity index (χ1n) is 5.40. The van der Waals surface area contributed by atoms with Crippen LogP contribution < -0.4 is 5.32 Å². The zero-order chi connectivity index (χ0) is 14.9. The summed E-state index contributed by atoms with van der Waals surface area (Å²) in [5.74, 6) is -2.03. The van der Waals surface area contributed by atoms with Gasteiger partial charge in [-0.05, 0) is 18.2 Å². The Bertz CT molecular complexity index is 643. The quantitative estimate of drug-likeness (QED) is 0.829. The highest BCUT2D eigenvalue weighted by atomic mass is 79.9. The van der Waals surface area contributed by atoms with Crippen LogP contribution in [-0.4, -0.2) is 17.0 Å². The minimum Gasteiger partial charge on any atom is -0.373 e. The molecular weight excluding hydrogens is 342 g/mol. The third-order valence-corrected chi connectivity index (χ3v) is 2.93. The molecule has 0 aliphatic rings. The number of hydrogen-bond acceptors (Lipinski definition) is 3. The first-order valence-corrected chi connectivity index (χ1v) is 6.20. The number of nitrogens with zero attached hydrogens (tertiary/aromatic N) is 2. The standard InChI is InChI=1S/C12H8BrF4N3/c1-18-10-5-9(19-11(20-10)12(15,16)17)7-4-6(13)2-3-8(7)14/h2-5H,1H3,(H,18,19,20). The van der Waals surface area contributed by atoms with Crippen LogP contribution in [0.1, 0.15) is 5.82 Å². The minimum atomic E-state index is -4.70. The van der Waals surface area contributed by atoms with Crippen molar-refractivity contribution in [3.63, 3.8) is 0 Å². The van der Waals surface area contributed by atoms with Crippen molar-refractivity contribution >= 4 is 21.7 Å². The highest BCUT2D eigenvalue weighted by Crippen LogP contribution is 2.31. The molecule has 0 spiro atoms. The predicted octanol–water partition coefficient (Wildman–Crippen LogP) is 4.11. The van der Waals surface area contributed by atoms with Crippen LogP contribution in [0, 0.1) is 5.82 Å². The Morgan fingerprint density at radius 2 is 1.85 bits per heavy atom. The Hall–Kier alpha value is -1.70.